The van der Waals surface area contributed by atoms with Gasteiger partial charge in [-0.05, 0) is 71.8 Å². The van der Waals surface area contributed by atoms with Crippen LogP contribution in [0.3, 0.4) is 0 Å². The first-order chi connectivity index (χ1) is 16.8. The van der Waals surface area contributed by atoms with Gasteiger partial charge in [0.15, 0.2) is 5.76 Å². The minimum Gasteiger partial charge on any atom is -0.495 e. The normalized spacial score (nSPS) is 11.5. The Balaban J connectivity index is 1.35. The Hall–Kier alpha value is -4.30. The van der Waals surface area contributed by atoms with Crippen LogP contribution in [0.4, 0.5) is 11.4 Å². The molecule has 176 valence electrons. The third-order valence-electron chi connectivity index (χ3n) is 5.67. The van der Waals surface area contributed by atoms with E-state index in [9.17, 15) is 13.2 Å². The lowest BCUT2D eigenvalue weighted by atomic mass is 10.1. The van der Waals surface area contributed by atoms with Crippen LogP contribution in [0.5, 0.6) is 5.75 Å². The van der Waals surface area contributed by atoms with Crippen molar-refractivity contribution >= 4 is 49.0 Å². The molecule has 0 aliphatic heterocycles. The first-order valence-corrected chi connectivity index (χ1v) is 12.3. The number of amides is 1. The average Bonchev–Trinajstić information content (AvgIpc) is 3.30. The molecule has 8 heteroatoms. The first-order valence-electron chi connectivity index (χ1n) is 10.8. The second-order valence-electron chi connectivity index (χ2n) is 8.10. The fraction of sp³-hybridized carbons (Fsp3) is 0.0741. The van der Waals surface area contributed by atoms with Crippen molar-refractivity contribution in [2.24, 2.45) is 0 Å². The Labute approximate surface area is 202 Å². The number of fused-ring (bicyclic) bond motifs is 3. The maximum atomic E-state index is 12.9. The molecule has 1 heterocycles. The number of ether oxygens (including phenoxy) is 1. The number of methoxy groups -OCH3 is 1. The lowest BCUT2D eigenvalue weighted by Crippen LogP contribution is -2.14. The van der Waals surface area contributed by atoms with E-state index in [-0.39, 0.29) is 10.7 Å². The number of hydrogen-bond acceptors (Lipinski definition) is 5. The maximum absolute atomic E-state index is 12.9. The third kappa shape index (κ3) is 4.43. The number of furan rings is 1. The van der Waals surface area contributed by atoms with Gasteiger partial charge in [-0.2, -0.15) is 0 Å². The molecule has 0 unspecified atom stereocenters. The van der Waals surface area contributed by atoms with Crippen molar-refractivity contribution in [3.63, 3.8) is 0 Å². The summed E-state index contributed by atoms with van der Waals surface area (Å²) in [6, 6.07) is 24.5. The number of rotatable bonds is 6. The molecular formula is C27H22N2O5S. The summed E-state index contributed by atoms with van der Waals surface area (Å²) >= 11 is 0. The van der Waals surface area contributed by atoms with Crippen molar-refractivity contribution in [1.29, 1.82) is 0 Å². The highest BCUT2D eigenvalue weighted by Gasteiger charge is 2.18. The van der Waals surface area contributed by atoms with Gasteiger partial charge in [-0.15, -0.1) is 0 Å². The zero-order valence-electron chi connectivity index (χ0n) is 19.0. The van der Waals surface area contributed by atoms with E-state index in [0.717, 1.165) is 21.7 Å². The van der Waals surface area contributed by atoms with Gasteiger partial charge in [0.1, 0.15) is 11.3 Å². The average molecular weight is 487 g/mol. The number of carbonyl (C=O) groups is 1. The molecule has 0 atom stereocenters. The Morgan fingerprint density at radius 2 is 1.66 bits per heavy atom. The number of aryl methyl sites for hydroxylation is 1. The Morgan fingerprint density at radius 3 is 2.43 bits per heavy atom. The molecule has 0 aliphatic rings. The summed E-state index contributed by atoms with van der Waals surface area (Å²) in [5, 5.41) is 5.66. The van der Waals surface area contributed by atoms with Gasteiger partial charge in [-0.3, -0.25) is 9.52 Å². The maximum Gasteiger partial charge on any atom is 0.291 e. The molecule has 0 radical (unpaired) electrons. The summed E-state index contributed by atoms with van der Waals surface area (Å²) in [7, 11) is -2.38. The standard InChI is InChI=1S/C27H22N2O5S/c1-17-7-13-25(33-2)23(15-17)29-35(31,32)20-11-9-19(10-12-20)28-27(30)26-16-22-21-6-4-3-5-18(21)8-14-24(22)34-26/h3-16,29H,1-2H3,(H,28,30). The number of anilines is 2. The third-order valence-corrected chi connectivity index (χ3v) is 7.05. The SMILES string of the molecule is COc1ccc(C)cc1NS(=O)(=O)c1ccc(NC(=O)c2cc3c(ccc4ccccc43)o2)cc1. The van der Waals surface area contributed by atoms with E-state index in [1.165, 1.54) is 31.4 Å². The second-order valence-corrected chi connectivity index (χ2v) is 9.78. The van der Waals surface area contributed by atoms with E-state index in [0.29, 0.717) is 22.7 Å². The van der Waals surface area contributed by atoms with Crippen LogP contribution in [0.15, 0.2) is 94.2 Å². The highest BCUT2D eigenvalue weighted by atomic mass is 32.2. The predicted molar refractivity (Wildman–Crippen MR) is 137 cm³/mol. The molecular weight excluding hydrogens is 464 g/mol. The summed E-state index contributed by atoms with van der Waals surface area (Å²) in [5.41, 5.74) is 2.29. The van der Waals surface area contributed by atoms with Gasteiger partial charge in [-0.25, -0.2) is 8.42 Å². The minimum atomic E-state index is -3.86. The monoisotopic (exact) mass is 486 g/mol. The van der Waals surface area contributed by atoms with Gasteiger partial charge in [-0.1, -0.05) is 36.4 Å². The van der Waals surface area contributed by atoms with Crippen molar-refractivity contribution in [1.82, 2.24) is 0 Å². The highest BCUT2D eigenvalue weighted by Crippen LogP contribution is 2.30. The van der Waals surface area contributed by atoms with Crippen molar-refractivity contribution in [2.75, 3.05) is 17.1 Å². The highest BCUT2D eigenvalue weighted by molar-refractivity contribution is 7.92. The van der Waals surface area contributed by atoms with Crippen molar-refractivity contribution in [2.45, 2.75) is 11.8 Å². The van der Waals surface area contributed by atoms with Crippen molar-refractivity contribution < 1.29 is 22.4 Å². The van der Waals surface area contributed by atoms with Crippen LogP contribution in [0.2, 0.25) is 0 Å². The molecule has 7 nitrogen and oxygen atoms in total. The molecule has 0 spiro atoms. The molecule has 0 fully saturated rings. The minimum absolute atomic E-state index is 0.0502. The van der Waals surface area contributed by atoms with Gasteiger partial charge in [0.05, 0.1) is 17.7 Å². The fourth-order valence-electron chi connectivity index (χ4n) is 3.92. The van der Waals surface area contributed by atoms with Crippen LogP contribution >= 0.6 is 0 Å². The Kier molecular flexibility index (Phi) is 5.66. The van der Waals surface area contributed by atoms with Crippen LogP contribution in [0.25, 0.3) is 21.7 Å². The zero-order valence-corrected chi connectivity index (χ0v) is 19.8. The van der Waals surface area contributed by atoms with E-state index >= 15 is 0 Å². The Bertz CT molecular complexity index is 1670. The van der Waals surface area contributed by atoms with Crippen molar-refractivity contribution in [3.05, 3.63) is 96.3 Å². The Morgan fingerprint density at radius 1 is 0.886 bits per heavy atom. The number of nitrogens with one attached hydrogen (secondary N) is 2. The second kappa shape index (κ2) is 8.81. The topological polar surface area (TPSA) is 97.6 Å². The lowest BCUT2D eigenvalue weighted by Gasteiger charge is -2.13. The summed E-state index contributed by atoms with van der Waals surface area (Å²) < 4.78 is 39.3. The van der Waals surface area contributed by atoms with Gasteiger partial charge in [0.25, 0.3) is 15.9 Å². The number of hydrogen-bond donors (Lipinski definition) is 2. The van der Waals surface area contributed by atoms with Crippen LogP contribution < -0.4 is 14.8 Å². The van der Waals surface area contributed by atoms with E-state index in [1.807, 2.05) is 49.4 Å². The molecule has 5 rings (SSSR count). The van der Waals surface area contributed by atoms with Gasteiger partial charge in [0, 0.05) is 11.1 Å². The van der Waals surface area contributed by atoms with Crippen LogP contribution in [0.1, 0.15) is 16.1 Å². The molecule has 35 heavy (non-hydrogen) atoms. The summed E-state index contributed by atoms with van der Waals surface area (Å²) in [4.78, 5) is 12.8. The van der Waals surface area contributed by atoms with Crippen LogP contribution in [-0.4, -0.2) is 21.4 Å². The number of benzene rings is 4. The fourth-order valence-corrected chi connectivity index (χ4v) is 4.98. The summed E-state index contributed by atoms with van der Waals surface area (Å²) in [5.74, 6) is 0.159. The van der Waals surface area contributed by atoms with Crippen molar-refractivity contribution in [3.8, 4) is 5.75 Å². The first kappa shape index (κ1) is 22.5. The quantitative estimate of drug-likeness (QED) is 0.309. The number of carbonyl (C=O) groups excluding carboxylic acids is 1. The molecule has 1 amide bonds. The van der Waals surface area contributed by atoms with Crippen LogP contribution in [-0.2, 0) is 10.0 Å². The molecule has 0 saturated carbocycles. The molecule has 1 aromatic heterocycles. The largest absolute Gasteiger partial charge is 0.495 e. The lowest BCUT2D eigenvalue weighted by molar-refractivity contribution is 0.0998. The van der Waals surface area contributed by atoms with Gasteiger partial charge >= 0.3 is 0 Å². The smallest absolute Gasteiger partial charge is 0.291 e. The van der Waals surface area contributed by atoms with E-state index in [1.54, 1.807) is 18.2 Å². The molecule has 4 aromatic carbocycles. The number of sulfonamides is 1. The van der Waals surface area contributed by atoms with Gasteiger partial charge < -0.3 is 14.5 Å². The van der Waals surface area contributed by atoms with Gasteiger partial charge in [0.2, 0.25) is 0 Å². The summed E-state index contributed by atoms with van der Waals surface area (Å²) in [6.45, 7) is 1.86. The molecule has 0 bridgehead atoms. The van der Waals surface area contributed by atoms with E-state index in [2.05, 4.69) is 10.0 Å². The summed E-state index contributed by atoms with van der Waals surface area (Å²) in [6.07, 6.45) is 0. The molecule has 0 aliphatic carbocycles. The molecule has 0 saturated heterocycles. The zero-order chi connectivity index (χ0) is 24.6. The predicted octanol–water partition coefficient (Wildman–Crippen LogP) is 5.96. The van der Waals surface area contributed by atoms with Crippen LogP contribution in [0, 0.1) is 6.92 Å². The van der Waals surface area contributed by atoms with E-state index in [4.69, 9.17) is 9.15 Å². The molecule has 5 aromatic rings. The van der Waals surface area contributed by atoms with E-state index < -0.39 is 15.9 Å². The molecule has 2 N–H and O–H groups in total.